The topological polar surface area (TPSA) is 34.9 Å². The minimum Gasteiger partial charge on any atom is -0.338 e. The quantitative estimate of drug-likeness (QED) is 0.761. The van der Waals surface area contributed by atoms with Crippen molar-refractivity contribution in [2.24, 2.45) is 7.05 Å². The van der Waals surface area contributed by atoms with Gasteiger partial charge in [0.25, 0.3) is 0 Å². The molecule has 4 heteroatoms. The molecule has 0 spiro atoms. The van der Waals surface area contributed by atoms with Crippen molar-refractivity contribution >= 4 is 5.78 Å². The summed E-state index contributed by atoms with van der Waals surface area (Å²) >= 11 is 0. The Hall–Kier alpha value is -1.97. The Bertz CT molecular complexity index is 560. The Kier molecular flexibility index (Phi) is 3.04. The van der Waals surface area contributed by atoms with E-state index in [9.17, 15) is 9.18 Å². The average Bonchev–Trinajstić information content (AvgIpc) is 2.67. The van der Waals surface area contributed by atoms with Crippen molar-refractivity contribution in [2.45, 2.75) is 13.3 Å². The number of rotatable bonds is 3. The van der Waals surface area contributed by atoms with Gasteiger partial charge in [0.2, 0.25) is 0 Å². The van der Waals surface area contributed by atoms with Gasteiger partial charge in [-0.3, -0.25) is 4.79 Å². The summed E-state index contributed by atoms with van der Waals surface area (Å²) in [5.74, 6) is 0.397. The standard InChI is InChI=1S/C13H13FN2O/c1-9(17)10-3-4-12(14)11(7-10)8-13-15-5-6-16(13)2/h3-7H,8H2,1-2H3. The van der Waals surface area contributed by atoms with Gasteiger partial charge in [-0.05, 0) is 30.7 Å². The molecule has 17 heavy (non-hydrogen) atoms. The summed E-state index contributed by atoms with van der Waals surface area (Å²) in [5.41, 5.74) is 1.02. The fraction of sp³-hybridized carbons (Fsp3) is 0.231. The molecule has 0 unspecified atom stereocenters. The number of imidazole rings is 1. The van der Waals surface area contributed by atoms with Gasteiger partial charge in [0.05, 0.1) is 0 Å². The van der Waals surface area contributed by atoms with Crippen LogP contribution in [0.1, 0.15) is 28.7 Å². The van der Waals surface area contributed by atoms with E-state index in [4.69, 9.17) is 0 Å². The molecule has 1 aromatic carbocycles. The van der Waals surface area contributed by atoms with Crippen LogP contribution in [0, 0.1) is 5.82 Å². The van der Waals surface area contributed by atoms with E-state index < -0.39 is 0 Å². The SMILES string of the molecule is CC(=O)c1ccc(F)c(Cc2nccn2C)c1. The lowest BCUT2D eigenvalue weighted by atomic mass is 10.0. The second kappa shape index (κ2) is 4.49. The largest absolute Gasteiger partial charge is 0.338 e. The molecule has 0 aliphatic rings. The number of aryl methyl sites for hydroxylation is 1. The van der Waals surface area contributed by atoms with Crippen LogP contribution in [0.4, 0.5) is 4.39 Å². The first kappa shape index (κ1) is 11.5. The molecule has 0 bridgehead atoms. The summed E-state index contributed by atoms with van der Waals surface area (Å²) in [6, 6.07) is 4.42. The summed E-state index contributed by atoms with van der Waals surface area (Å²) in [7, 11) is 1.86. The number of Topliss-reactive ketones (excluding diaryl/α,β-unsaturated/α-hetero) is 1. The number of halogens is 1. The van der Waals surface area contributed by atoms with Gasteiger partial charge in [-0.1, -0.05) is 0 Å². The second-order valence-electron chi connectivity index (χ2n) is 3.99. The normalized spacial score (nSPS) is 10.5. The number of aromatic nitrogens is 2. The van der Waals surface area contributed by atoms with E-state index >= 15 is 0 Å². The van der Waals surface area contributed by atoms with Gasteiger partial charge in [0, 0.05) is 31.4 Å². The molecule has 0 radical (unpaired) electrons. The highest BCUT2D eigenvalue weighted by molar-refractivity contribution is 5.94. The molecule has 0 fully saturated rings. The lowest BCUT2D eigenvalue weighted by Crippen LogP contribution is -2.02. The monoisotopic (exact) mass is 232 g/mol. The van der Waals surface area contributed by atoms with Crippen molar-refractivity contribution in [3.05, 3.63) is 53.4 Å². The van der Waals surface area contributed by atoms with E-state index in [2.05, 4.69) is 4.98 Å². The van der Waals surface area contributed by atoms with Gasteiger partial charge >= 0.3 is 0 Å². The van der Waals surface area contributed by atoms with Crippen LogP contribution in [0.5, 0.6) is 0 Å². The predicted molar refractivity (Wildman–Crippen MR) is 62.4 cm³/mol. The van der Waals surface area contributed by atoms with Gasteiger partial charge in [-0.15, -0.1) is 0 Å². The van der Waals surface area contributed by atoms with Crippen LogP contribution in [0.3, 0.4) is 0 Å². The molecule has 2 rings (SSSR count). The first-order chi connectivity index (χ1) is 8.08. The number of nitrogens with zero attached hydrogens (tertiary/aromatic N) is 2. The van der Waals surface area contributed by atoms with Crippen LogP contribution < -0.4 is 0 Å². The summed E-state index contributed by atoms with van der Waals surface area (Å²) in [4.78, 5) is 15.4. The maximum Gasteiger partial charge on any atom is 0.159 e. The minimum absolute atomic E-state index is 0.0638. The van der Waals surface area contributed by atoms with Crippen LogP contribution in [0.25, 0.3) is 0 Å². The van der Waals surface area contributed by atoms with Crippen LogP contribution in [-0.2, 0) is 13.5 Å². The molecule has 0 aliphatic heterocycles. The van der Waals surface area contributed by atoms with Crippen molar-refractivity contribution in [2.75, 3.05) is 0 Å². The van der Waals surface area contributed by atoms with Gasteiger partial charge < -0.3 is 4.57 Å². The third-order valence-corrected chi connectivity index (χ3v) is 2.72. The minimum atomic E-state index is -0.307. The van der Waals surface area contributed by atoms with E-state index in [-0.39, 0.29) is 11.6 Å². The van der Waals surface area contributed by atoms with Gasteiger partial charge in [0.15, 0.2) is 5.78 Å². The molecule has 1 aromatic heterocycles. The Morgan fingerprint density at radius 1 is 1.47 bits per heavy atom. The highest BCUT2D eigenvalue weighted by atomic mass is 19.1. The fourth-order valence-corrected chi connectivity index (χ4v) is 1.67. The van der Waals surface area contributed by atoms with Crippen molar-refractivity contribution in [1.82, 2.24) is 9.55 Å². The third-order valence-electron chi connectivity index (χ3n) is 2.72. The highest BCUT2D eigenvalue weighted by Crippen LogP contribution is 2.14. The molecule has 1 heterocycles. The Balaban J connectivity index is 2.35. The van der Waals surface area contributed by atoms with Gasteiger partial charge in [0.1, 0.15) is 11.6 Å². The molecule has 2 aromatic rings. The molecule has 0 aliphatic carbocycles. The first-order valence-corrected chi connectivity index (χ1v) is 5.33. The van der Waals surface area contributed by atoms with E-state index in [1.807, 2.05) is 17.8 Å². The lowest BCUT2D eigenvalue weighted by Gasteiger charge is -2.05. The Morgan fingerprint density at radius 3 is 2.82 bits per heavy atom. The van der Waals surface area contributed by atoms with Crippen LogP contribution in [-0.4, -0.2) is 15.3 Å². The predicted octanol–water partition coefficient (Wildman–Crippen LogP) is 2.35. The number of hydrogen-bond acceptors (Lipinski definition) is 2. The lowest BCUT2D eigenvalue weighted by molar-refractivity contribution is 0.101. The number of hydrogen-bond donors (Lipinski definition) is 0. The zero-order valence-electron chi connectivity index (χ0n) is 9.77. The average molecular weight is 232 g/mol. The van der Waals surface area contributed by atoms with Crippen molar-refractivity contribution in [3.63, 3.8) is 0 Å². The summed E-state index contributed by atoms with van der Waals surface area (Å²) in [5, 5.41) is 0. The van der Waals surface area contributed by atoms with E-state index in [1.165, 1.54) is 19.1 Å². The summed E-state index contributed by atoms with van der Waals surface area (Å²) in [6.07, 6.45) is 3.86. The first-order valence-electron chi connectivity index (χ1n) is 5.33. The maximum atomic E-state index is 13.6. The number of benzene rings is 1. The van der Waals surface area contributed by atoms with Crippen LogP contribution >= 0.6 is 0 Å². The van der Waals surface area contributed by atoms with Crippen LogP contribution in [0.15, 0.2) is 30.6 Å². The Morgan fingerprint density at radius 2 is 2.24 bits per heavy atom. The zero-order chi connectivity index (χ0) is 12.4. The summed E-state index contributed by atoms with van der Waals surface area (Å²) < 4.78 is 15.4. The molecule has 0 N–H and O–H groups in total. The molecule has 0 saturated heterocycles. The summed E-state index contributed by atoms with van der Waals surface area (Å²) in [6.45, 7) is 1.47. The second-order valence-corrected chi connectivity index (χ2v) is 3.99. The number of carbonyl (C=O) groups is 1. The highest BCUT2D eigenvalue weighted by Gasteiger charge is 2.09. The molecular weight excluding hydrogens is 219 g/mol. The molecule has 0 atom stereocenters. The van der Waals surface area contributed by atoms with E-state index in [1.54, 1.807) is 12.3 Å². The number of ketones is 1. The third kappa shape index (κ3) is 2.41. The smallest absolute Gasteiger partial charge is 0.159 e. The van der Waals surface area contributed by atoms with Crippen molar-refractivity contribution < 1.29 is 9.18 Å². The maximum absolute atomic E-state index is 13.6. The van der Waals surface area contributed by atoms with Crippen molar-refractivity contribution in [3.8, 4) is 0 Å². The Labute approximate surface area is 98.9 Å². The molecule has 0 amide bonds. The van der Waals surface area contributed by atoms with Gasteiger partial charge in [-0.25, -0.2) is 9.37 Å². The van der Waals surface area contributed by atoms with Crippen LogP contribution in [0.2, 0.25) is 0 Å². The molecule has 88 valence electrons. The molecule has 0 saturated carbocycles. The van der Waals surface area contributed by atoms with E-state index in [0.717, 1.165) is 5.82 Å². The van der Waals surface area contributed by atoms with Crippen molar-refractivity contribution in [1.29, 1.82) is 0 Å². The zero-order valence-corrected chi connectivity index (χ0v) is 9.77. The van der Waals surface area contributed by atoms with Gasteiger partial charge in [-0.2, -0.15) is 0 Å². The molecular formula is C13H13FN2O. The number of carbonyl (C=O) groups excluding carboxylic acids is 1. The van der Waals surface area contributed by atoms with E-state index in [0.29, 0.717) is 17.5 Å². The fourth-order valence-electron chi connectivity index (χ4n) is 1.67. The molecule has 3 nitrogen and oxygen atoms in total.